The zero-order valence-electron chi connectivity index (χ0n) is 18.6. The zero-order valence-corrected chi connectivity index (χ0v) is 18.6. The fourth-order valence-corrected chi connectivity index (χ4v) is 3.35. The van der Waals surface area contributed by atoms with E-state index in [0.717, 1.165) is 34.5 Å². The first-order valence-corrected chi connectivity index (χ1v) is 10.6. The molecule has 166 valence electrons. The number of carbonyl (C=O) groups excluding carboxylic acids is 1. The predicted octanol–water partition coefficient (Wildman–Crippen LogP) is 4.61. The Morgan fingerprint density at radius 2 is 1.70 bits per heavy atom. The number of pyridine rings is 1. The van der Waals surface area contributed by atoms with Crippen LogP contribution in [0, 0.1) is 0 Å². The summed E-state index contributed by atoms with van der Waals surface area (Å²) in [6.07, 6.45) is 7.82. The molecule has 7 heteroatoms. The molecular formula is C26H25N5O2. The van der Waals surface area contributed by atoms with Crippen molar-refractivity contribution >= 4 is 17.5 Å². The minimum atomic E-state index is -0.0384. The standard InChI is InChI=1S/C26H25N5O2/c1-31(15-12-19-10-13-27-14-11-19)25(32)21-4-3-5-23(16-21)30-26-28-17-22(18-29-26)20-6-8-24(33-2)9-7-20/h3-11,13-14,16-18H,12,15H2,1-2H3,(H,28,29,30). The number of ether oxygens (including phenoxy) is 1. The molecule has 0 saturated heterocycles. The predicted molar refractivity (Wildman–Crippen MR) is 129 cm³/mol. The first kappa shape index (κ1) is 22.0. The van der Waals surface area contributed by atoms with Gasteiger partial charge in [0, 0.05) is 55.2 Å². The van der Waals surface area contributed by atoms with E-state index in [-0.39, 0.29) is 5.91 Å². The van der Waals surface area contributed by atoms with Gasteiger partial charge in [-0.2, -0.15) is 0 Å². The van der Waals surface area contributed by atoms with Gasteiger partial charge in [0.05, 0.1) is 7.11 Å². The number of nitrogens with zero attached hydrogens (tertiary/aromatic N) is 4. The monoisotopic (exact) mass is 439 g/mol. The molecule has 0 atom stereocenters. The molecule has 33 heavy (non-hydrogen) atoms. The van der Waals surface area contributed by atoms with Gasteiger partial charge in [-0.15, -0.1) is 0 Å². The van der Waals surface area contributed by atoms with Crippen LogP contribution in [0.2, 0.25) is 0 Å². The average Bonchev–Trinajstić information content (AvgIpc) is 2.88. The van der Waals surface area contributed by atoms with Crippen molar-refractivity contribution in [1.82, 2.24) is 19.9 Å². The van der Waals surface area contributed by atoms with Gasteiger partial charge >= 0.3 is 0 Å². The number of amides is 1. The number of carbonyl (C=O) groups is 1. The van der Waals surface area contributed by atoms with Crippen LogP contribution in [0.3, 0.4) is 0 Å². The number of benzene rings is 2. The van der Waals surface area contributed by atoms with Gasteiger partial charge in [-0.3, -0.25) is 9.78 Å². The number of hydrogen-bond donors (Lipinski definition) is 1. The SMILES string of the molecule is COc1ccc(-c2cnc(Nc3cccc(C(=O)N(C)CCc4ccncc4)c3)nc2)cc1. The lowest BCUT2D eigenvalue weighted by Gasteiger charge is -2.17. The second-order valence-corrected chi connectivity index (χ2v) is 7.56. The van der Waals surface area contributed by atoms with Crippen LogP contribution in [0.1, 0.15) is 15.9 Å². The Morgan fingerprint density at radius 3 is 2.39 bits per heavy atom. The Labute approximate surface area is 193 Å². The summed E-state index contributed by atoms with van der Waals surface area (Å²) in [6.45, 7) is 0.621. The second kappa shape index (κ2) is 10.4. The van der Waals surface area contributed by atoms with Crippen LogP contribution in [-0.2, 0) is 6.42 Å². The summed E-state index contributed by atoms with van der Waals surface area (Å²) < 4.78 is 5.19. The molecule has 0 fully saturated rings. The molecule has 0 unspecified atom stereocenters. The average molecular weight is 440 g/mol. The number of nitrogens with one attached hydrogen (secondary N) is 1. The Balaban J connectivity index is 1.39. The number of rotatable bonds is 8. The lowest BCUT2D eigenvalue weighted by Crippen LogP contribution is -2.28. The fraction of sp³-hybridized carbons (Fsp3) is 0.154. The molecule has 0 saturated carbocycles. The van der Waals surface area contributed by atoms with E-state index in [9.17, 15) is 4.79 Å². The molecule has 0 bridgehead atoms. The van der Waals surface area contributed by atoms with Gasteiger partial charge in [0.15, 0.2) is 0 Å². The molecule has 7 nitrogen and oxygen atoms in total. The smallest absolute Gasteiger partial charge is 0.253 e. The summed E-state index contributed by atoms with van der Waals surface area (Å²) in [5, 5.41) is 3.17. The van der Waals surface area contributed by atoms with Gasteiger partial charge in [0.2, 0.25) is 5.95 Å². The molecule has 1 N–H and O–H groups in total. The van der Waals surface area contributed by atoms with E-state index in [2.05, 4.69) is 20.3 Å². The highest BCUT2D eigenvalue weighted by molar-refractivity contribution is 5.95. The molecule has 0 aliphatic rings. The Morgan fingerprint density at radius 1 is 0.970 bits per heavy atom. The Kier molecular flexibility index (Phi) is 6.90. The van der Waals surface area contributed by atoms with Crippen LogP contribution in [0.4, 0.5) is 11.6 Å². The van der Waals surface area contributed by atoms with E-state index < -0.39 is 0 Å². The molecule has 4 aromatic rings. The van der Waals surface area contributed by atoms with E-state index in [0.29, 0.717) is 18.1 Å². The van der Waals surface area contributed by atoms with Gasteiger partial charge in [-0.25, -0.2) is 9.97 Å². The topological polar surface area (TPSA) is 80.2 Å². The number of hydrogen-bond acceptors (Lipinski definition) is 6. The third kappa shape index (κ3) is 5.71. The summed E-state index contributed by atoms with van der Waals surface area (Å²) >= 11 is 0. The third-order valence-corrected chi connectivity index (χ3v) is 5.27. The molecular weight excluding hydrogens is 414 g/mol. The maximum Gasteiger partial charge on any atom is 0.253 e. The Bertz CT molecular complexity index is 1200. The highest BCUT2D eigenvalue weighted by Crippen LogP contribution is 2.22. The molecule has 0 spiro atoms. The van der Waals surface area contributed by atoms with Crippen molar-refractivity contribution < 1.29 is 9.53 Å². The first-order chi connectivity index (χ1) is 16.1. The maximum absolute atomic E-state index is 12.9. The van der Waals surface area contributed by atoms with Crippen molar-refractivity contribution in [1.29, 1.82) is 0 Å². The summed E-state index contributed by atoms with van der Waals surface area (Å²) in [5.74, 6) is 1.22. The van der Waals surface area contributed by atoms with Crippen molar-refractivity contribution in [2.45, 2.75) is 6.42 Å². The lowest BCUT2D eigenvalue weighted by molar-refractivity contribution is 0.0796. The Hall–Kier alpha value is -4.26. The van der Waals surface area contributed by atoms with Crippen molar-refractivity contribution in [3.63, 3.8) is 0 Å². The van der Waals surface area contributed by atoms with Gasteiger partial charge in [-0.1, -0.05) is 18.2 Å². The zero-order chi connectivity index (χ0) is 23.0. The van der Waals surface area contributed by atoms with Crippen LogP contribution in [0.25, 0.3) is 11.1 Å². The van der Waals surface area contributed by atoms with Crippen molar-refractivity contribution in [3.05, 3.63) is 96.6 Å². The lowest BCUT2D eigenvalue weighted by atomic mass is 10.1. The van der Waals surface area contributed by atoms with Crippen LogP contribution in [-0.4, -0.2) is 46.5 Å². The second-order valence-electron chi connectivity index (χ2n) is 7.56. The van der Waals surface area contributed by atoms with E-state index in [1.165, 1.54) is 0 Å². The molecule has 1 amide bonds. The van der Waals surface area contributed by atoms with Crippen LogP contribution < -0.4 is 10.1 Å². The molecule has 0 aliphatic carbocycles. The number of anilines is 2. The summed E-state index contributed by atoms with van der Waals surface area (Å²) in [5.41, 5.74) is 4.41. The van der Waals surface area contributed by atoms with Crippen molar-refractivity contribution in [3.8, 4) is 16.9 Å². The minimum Gasteiger partial charge on any atom is -0.497 e. The van der Waals surface area contributed by atoms with Gasteiger partial charge < -0.3 is 15.0 Å². The van der Waals surface area contributed by atoms with Crippen molar-refractivity contribution in [2.24, 2.45) is 0 Å². The van der Waals surface area contributed by atoms with Crippen LogP contribution in [0.5, 0.6) is 5.75 Å². The highest BCUT2D eigenvalue weighted by atomic mass is 16.5. The third-order valence-electron chi connectivity index (χ3n) is 5.27. The summed E-state index contributed by atoms with van der Waals surface area (Å²) in [6, 6.07) is 19.0. The number of aromatic nitrogens is 3. The molecule has 0 aliphatic heterocycles. The van der Waals surface area contributed by atoms with Crippen LogP contribution in [0.15, 0.2) is 85.5 Å². The maximum atomic E-state index is 12.9. The minimum absolute atomic E-state index is 0.0384. The van der Waals surface area contributed by atoms with Crippen LogP contribution >= 0.6 is 0 Å². The molecule has 0 radical (unpaired) electrons. The number of likely N-dealkylation sites (N-methyl/N-ethyl adjacent to an activating group) is 1. The largest absolute Gasteiger partial charge is 0.497 e. The van der Waals surface area contributed by atoms with E-state index in [4.69, 9.17) is 4.74 Å². The van der Waals surface area contributed by atoms with Gasteiger partial charge in [-0.05, 0) is 60.0 Å². The summed E-state index contributed by atoms with van der Waals surface area (Å²) in [7, 11) is 3.45. The molecule has 2 aromatic carbocycles. The first-order valence-electron chi connectivity index (χ1n) is 10.6. The van der Waals surface area contributed by atoms with E-state index >= 15 is 0 Å². The molecule has 2 heterocycles. The van der Waals surface area contributed by atoms with E-state index in [1.807, 2.05) is 67.7 Å². The summed E-state index contributed by atoms with van der Waals surface area (Å²) in [4.78, 5) is 27.4. The van der Waals surface area contributed by atoms with Crippen molar-refractivity contribution in [2.75, 3.05) is 26.0 Å². The number of methoxy groups -OCH3 is 1. The highest BCUT2D eigenvalue weighted by Gasteiger charge is 2.12. The normalized spacial score (nSPS) is 10.5. The van der Waals surface area contributed by atoms with Gasteiger partial charge in [0.25, 0.3) is 5.91 Å². The quantitative estimate of drug-likeness (QED) is 0.432. The molecule has 2 aromatic heterocycles. The fourth-order valence-electron chi connectivity index (χ4n) is 3.35. The van der Waals surface area contributed by atoms with E-state index in [1.54, 1.807) is 36.8 Å². The van der Waals surface area contributed by atoms with Gasteiger partial charge in [0.1, 0.15) is 5.75 Å². The molecule has 4 rings (SSSR count).